The molecule has 1 aromatic rings. The van der Waals surface area contributed by atoms with Gasteiger partial charge in [-0.25, -0.2) is 0 Å². The second kappa shape index (κ2) is 5.85. The number of ketones is 1. The van der Waals surface area contributed by atoms with Crippen LogP contribution in [0.1, 0.15) is 25.3 Å². The minimum absolute atomic E-state index is 0.0673. The van der Waals surface area contributed by atoms with E-state index >= 15 is 0 Å². The van der Waals surface area contributed by atoms with E-state index in [1.807, 2.05) is 6.92 Å². The molecule has 0 heterocycles. The topological polar surface area (TPSA) is 103 Å². The summed E-state index contributed by atoms with van der Waals surface area (Å²) in [6.45, 7) is 1.84. The van der Waals surface area contributed by atoms with Crippen LogP contribution in [0.3, 0.4) is 0 Å². The summed E-state index contributed by atoms with van der Waals surface area (Å²) < 4.78 is 0. The van der Waals surface area contributed by atoms with E-state index in [0.717, 1.165) is 6.07 Å². The Bertz CT molecular complexity index is 498. The Kier molecular flexibility index (Phi) is 4.47. The van der Waals surface area contributed by atoms with E-state index in [2.05, 4.69) is 0 Å². The van der Waals surface area contributed by atoms with Gasteiger partial charge in [0, 0.05) is 24.5 Å². The smallest absolute Gasteiger partial charge is 0.279 e. The van der Waals surface area contributed by atoms with Gasteiger partial charge < -0.3 is 0 Å². The molecule has 1 aromatic carbocycles. The molecule has 0 spiro atoms. The van der Waals surface area contributed by atoms with Crippen molar-refractivity contribution in [1.29, 1.82) is 0 Å². The van der Waals surface area contributed by atoms with Gasteiger partial charge >= 0.3 is 0 Å². The molecule has 0 aliphatic heterocycles. The highest BCUT2D eigenvalue weighted by molar-refractivity contribution is 5.82. The van der Waals surface area contributed by atoms with Crippen molar-refractivity contribution in [2.24, 2.45) is 0 Å². The summed E-state index contributed by atoms with van der Waals surface area (Å²) in [5, 5.41) is 21.3. The molecule has 0 atom stereocenters. The van der Waals surface area contributed by atoms with E-state index < -0.39 is 9.85 Å². The van der Waals surface area contributed by atoms with Crippen LogP contribution in [0.5, 0.6) is 0 Å². The SMILES string of the molecule is CCCC(=O)Cc1ccc([N+](=O)[O-])cc1[N+](=O)[O-]. The second-order valence-electron chi connectivity index (χ2n) is 3.79. The summed E-state index contributed by atoms with van der Waals surface area (Å²) in [5.41, 5.74) is -0.522. The molecule has 0 bridgehead atoms. The molecular weight excluding hydrogens is 240 g/mol. The number of rotatable bonds is 6. The van der Waals surface area contributed by atoms with Gasteiger partial charge in [-0.2, -0.15) is 0 Å². The zero-order valence-electron chi connectivity index (χ0n) is 9.79. The van der Waals surface area contributed by atoms with Crippen molar-refractivity contribution in [1.82, 2.24) is 0 Å². The van der Waals surface area contributed by atoms with Crippen LogP contribution in [0, 0.1) is 20.2 Å². The molecule has 7 nitrogen and oxygen atoms in total. The van der Waals surface area contributed by atoms with E-state index in [4.69, 9.17) is 0 Å². The van der Waals surface area contributed by atoms with Crippen molar-refractivity contribution >= 4 is 17.2 Å². The number of carbonyl (C=O) groups excluding carboxylic acids is 1. The predicted octanol–water partition coefficient (Wildman–Crippen LogP) is 2.41. The Morgan fingerprint density at radius 3 is 2.39 bits per heavy atom. The first kappa shape index (κ1) is 13.8. The molecule has 0 unspecified atom stereocenters. The van der Waals surface area contributed by atoms with Crippen LogP contribution < -0.4 is 0 Å². The fourth-order valence-electron chi connectivity index (χ4n) is 1.56. The van der Waals surface area contributed by atoms with Gasteiger partial charge in [-0.05, 0) is 12.5 Å². The summed E-state index contributed by atoms with van der Waals surface area (Å²) in [7, 11) is 0. The Morgan fingerprint density at radius 1 is 1.22 bits per heavy atom. The number of hydrogen-bond donors (Lipinski definition) is 0. The van der Waals surface area contributed by atoms with Crippen LogP contribution in [0.2, 0.25) is 0 Å². The number of nitro benzene ring substituents is 2. The monoisotopic (exact) mass is 252 g/mol. The third-order valence-corrected chi connectivity index (χ3v) is 2.39. The molecular formula is C11H12N2O5. The van der Waals surface area contributed by atoms with Crippen LogP contribution in [-0.4, -0.2) is 15.6 Å². The number of benzene rings is 1. The van der Waals surface area contributed by atoms with Crippen LogP contribution in [0.15, 0.2) is 18.2 Å². The highest BCUT2D eigenvalue weighted by atomic mass is 16.6. The molecule has 0 radical (unpaired) electrons. The largest absolute Gasteiger partial charge is 0.299 e. The van der Waals surface area contributed by atoms with E-state index in [9.17, 15) is 25.0 Å². The molecule has 0 aliphatic carbocycles. The van der Waals surface area contributed by atoms with Gasteiger partial charge in [-0.1, -0.05) is 6.92 Å². The quantitative estimate of drug-likeness (QED) is 0.571. The molecule has 0 N–H and O–H groups in total. The molecule has 96 valence electrons. The Labute approximate surface area is 103 Å². The first-order valence-electron chi connectivity index (χ1n) is 5.39. The minimum atomic E-state index is -0.707. The summed E-state index contributed by atoms with van der Waals surface area (Å²) in [6.07, 6.45) is 0.940. The molecule has 0 saturated heterocycles. The number of carbonyl (C=O) groups is 1. The minimum Gasteiger partial charge on any atom is -0.299 e. The number of hydrogen-bond acceptors (Lipinski definition) is 5. The molecule has 0 aliphatic rings. The third kappa shape index (κ3) is 3.34. The molecule has 18 heavy (non-hydrogen) atoms. The number of nitro groups is 2. The zero-order chi connectivity index (χ0) is 13.7. The van der Waals surface area contributed by atoms with Gasteiger partial charge in [-0.3, -0.25) is 25.0 Å². The lowest BCUT2D eigenvalue weighted by Gasteiger charge is -2.02. The molecule has 0 saturated carbocycles. The maximum absolute atomic E-state index is 11.4. The third-order valence-electron chi connectivity index (χ3n) is 2.39. The van der Waals surface area contributed by atoms with Crippen molar-refractivity contribution in [2.45, 2.75) is 26.2 Å². The van der Waals surface area contributed by atoms with Gasteiger partial charge in [0.1, 0.15) is 5.78 Å². The highest BCUT2D eigenvalue weighted by Crippen LogP contribution is 2.25. The first-order chi connectivity index (χ1) is 8.45. The van der Waals surface area contributed by atoms with E-state index in [1.165, 1.54) is 12.1 Å². The molecule has 0 fully saturated rings. The zero-order valence-corrected chi connectivity index (χ0v) is 9.79. The van der Waals surface area contributed by atoms with Gasteiger partial charge in [0.05, 0.1) is 15.9 Å². The molecule has 0 aromatic heterocycles. The Morgan fingerprint density at radius 2 is 1.89 bits per heavy atom. The second-order valence-corrected chi connectivity index (χ2v) is 3.79. The summed E-state index contributed by atoms with van der Waals surface area (Å²) in [4.78, 5) is 31.4. The van der Waals surface area contributed by atoms with Crippen LogP contribution in [0.4, 0.5) is 11.4 Å². The summed E-state index contributed by atoms with van der Waals surface area (Å²) in [5.74, 6) is -0.116. The van der Waals surface area contributed by atoms with Crippen LogP contribution in [0.25, 0.3) is 0 Å². The average molecular weight is 252 g/mol. The standard InChI is InChI=1S/C11H12N2O5/c1-2-3-10(14)6-8-4-5-9(12(15)16)7-11(8)13(17)18/h4-5,7H,2-3,6H2,1H3. The summed E-state index contributed by atoms with van der Waals surface area (Å²) >= 11 is 0. The fourth-order valence-corrected chi connectivity index (χ4v) is 1.56. The Balaban J connectivity index is 3.08. The molecule has 1 rings (SSSR count). The van der Waals surface area contributed by atoms with Gasteiger partial charge in [-0.15, -0.1) is 0 Å². The van der Waals surface area contributed by atoms with Crippen molar-refractivity contribution in [2.75, 3.05) is 0 Å². The average Bonchev–Trinajstić information content (AvgIpc) is 2.29. The number of non-ortho nitro benzene ring substituents is 1. The van der Waals surface area contributed by atoms with Gasteiger partial charge in [0.2, 0.25) is 0 Å². The van der Waals surface area contributed by atoms with Crippen molar-refractivity contribution in [3.05, 3.63) is 44.0 Å². The fraction of sp³-hybridized carbons (Fsp3) is 0.364. The van der Waals surface area contributed by atoms with Crippen LogP contribution >= 0.6 is 0 Å². The van der Waals surface area contributed by atoms with E-state index in [1.54, 1.807) is 0 Å². The maximum Gasteiger partial charge on any atom is 0.279 e. The van der Waals surface area contributed by atoms with E-state index in [0.29, 0.717) is 12.8 Å². The summed E-state index contributed by atoms with van der Waals surface area (Å²) in [6, 6.07) is 3.32. The Hall–Kier alpha value is -2.31. The predicted molar refractivity (Wildman–Crippen MR) is 63.4 cm³/mol. The maximum atomic E-state index is 11.4. The normalized spacial score (nSPS) is 10.1. The van der Waals surface area contributed by atoms with Crippen molar-refractivity contribution < 1.29 is 14.6 Å². The van der Waals surface area contributed by atoms with Gasteiger partial charge in [0.15, 0.2) is 0 Å². The van der Waals surface area contributed by atoms with Crippen molar-refractivity contribution in [3.63, 3.8) is 0 Å². The van der Waals surface area contributed by atoms with Crippen LogP contribution in [-0.2, 0) is 11.2 Å². The first-order valence-corrected chi connectivity index (χ1v) is 5.39. The number of nitrogens with zero attached hydrogens (tertiary/aromatic N) is 2. The lowest BCUT2D eigenvalue weighted by Crippen LogP contribution is -2.05. The van der Waals surface area contributed by atoms with Gasteiger partial charge in [0.25, 0.3) is 11.4 Å². The number of Topliss-reactive ketones (excluding diaryl/α,β-unsaturated/α-hetero) is 1. The lowest BCUT2D eigenvalue weighted by molar-refractivity contribution is -0.394. The lowest BCUT2D eigenvalue weighted by atomic mass is 10.0. The molecule has 0 amide bonds. The van der Waals surface area contributed by atoms with Crippen molar-refractivity contribution in [3.8, 4) is 0 Å². The van der Waals surface area contributed by atoms with E-state index in [-0.39, 0.29) is 29.1 Å². The highest BCUT2D eigenvalue weighted by Gasteiger charge is 2.20. The molecule has 7 heteroatoms.